The van der Waals surface area contributed by atoms with Gasteiger partial charge in [0.15, 0.2) is 0 Å². The molecule has 6 heteroatoms. The fourth-order valence-electron chi connectivity index (χ4n) is 1.22. The molecule has 0 amide bonds. The van der Waals surface area contributed by atoms with Gasteiger partial charge in [-0.05, 0) is 0 Å². The summed E-state index contributed by atoms with van der Waals surface area (Å²) in [6.45, 7) is 3.17. The fraction of sp³-hybridized carbons (Fsp3) is 1.00. The first-order chi connectivity index (χ1) is 7.70. The molecule has 0 aromatic rings. The molecule has 2 atom stereocenters. The van der Waals surface area contributed by atoms with Crippen LogP contribution in [0.5, 0.6) is 0 Å². The van der Waals surface area contributed by atoms with Crippen molar-refractivity contribution < 1.29 is 19.7 Å². The Balaban J connectivity index is 3.15. The molecular formula is C10H24N2O4. The summed E-state index contributed by atoms with van der Waals surface area (Å²) in [7, 11) is 3.12. The lowest BCUT2D eigenvalue weighted by Gasteiger charge is -2.12. The number of methoxy groups -OCH3 is 2. The van der Waals surface area contributed by atoms with Gasteiger partial charge in [-0.15, -0.1) is 0 Å². The molecule has 0 rings (SSSR count). The van der Waals surface area contributed by atoms with Crippen molar-refractivity contribution in [2.45, 2.75) is 12.2 Å². The van der Waals surface area contributed by atoms with Gasteiger partial charge < -0.3 is 30.3 Å². The van der Waals surface area contributed by atoms with E-state index in [1.54, 1.807) is 14.2 Å². The summed E-state index contributed by atoms with van der Waals surface area (Å²) in [6, 6.07) is 0. The molecule has 0 aromatic heterocycles. The topological polar surface area (TPSA) is 83.0 Å². The van der Waals surface area contributed by atoms with Crippen molar-refractivity contribution in [2.24, 2.45) is 0 Å². The van der Waals surface area contributed by atoms with E-state index in [2.05, 4.69) is 10.6 Å². The lowest BCUT2D eigenvalue weighted by Crippen LogP contribution is -2.37. The smallest absolute Gasteiger partial charge is 0.0897 e. The molecule has 98 valence electrons. The van der Waals surface area contributed by atoms with Gasteiger partial charge in [-0.2, -0.15) is 0 Å². The maximum Gasteiger partial charge on any atom is 0.0897 e. The summed E-state index contributed by atoms with van der Waals surface area (Å²) in [5.41, 5.74) is 0. The average Bonchev–Trinajstić information content (AvgIpc) is 2.24. The molecule has 16 heavy (non-hydrogen) atoms. The Morgan fingerprint density at radius 2 is 1.25 bits per heavy atom. The zero-order chi connectivity index (χ0) is 12.2. The normalized spacial score (nSPS) is 15.0. The van der Waals surface area contributed by atoms with Gasteiger partial charge in [0.25, 0.3) is 0 Å². The van der Waals surface area contributed by atoms with Crippen LogP contribution in [-0.2, 0) is 9.47 Å². The Bertz CT molecular complexity index is 133. The van der Waals surface area contributed by atoms with Crippen LogP contribution in [0.4, 0.5) is 0 Å². The number of nitrogens with one attached hydrogen (secondary N) is 2. The summed E-state index contributed by atoms with van der Waals surface area (Å²) < 4.78 is 9.58. The molecule has 4 N–H and O–H groups in total. The van der Waals surface area contributed by atoms with E-state index < -0.39 is 12.2 Å². The Morgan fingerprint density at radius 3 is 1.56 bits per heavy atom. The summed E-state index contributed by atoms with van der Waals surface area (Å²) in [5, 5.41) is 24.7. The van der Waals surface area contributed by atoms with Crippen molar-refractivity contribution in [3.8, 4) is 0 Å². The molecule has 0 saturated carbocycles. The van der Waals surface area contributed by atoms with E-state index >= 15 is 0 Å². The van der Waals surface area contributed by atoms with E-state index in [-0.39, 0.29) is 0 Å². The second-order valence-corrected chi connectivity index (χ2v) is 3.63. The van der Waals surface area contributed by atoms with Crippen LogP contribution in [-0.4, -0.2) is 76.0 Å². The molecule has 0 aliphatic carbocycles. The van der Waals surface area contributed by atoms with E-state index in [0.29, 0.717) is 26.3 Å². The van der Waals surface area contributed by atoms with Crippen molar-refractivity contribution >= 4 is 0 Å². The lowest BCUT2D eigenvalue weighted by atomic mass is 10.3. The molecule has 0 heterocycles. The van der Waals surface area contributed by atoms with E-state index in [1.165, 1.54) is 0 Å². The van der Waals surface area contributed by atoms with Gasteiger partial charge in [-0.25, -0.2) is 0 Å². The Kier molecular flexibility index (Phi) is 11.1. The maximum absolute atomic E-state index is 9.30. The highest BCUT2D eigenvalue weighted by Gasteiger charge is 2.03. The predicted octanol–water partition coefficient (Wildman–Crippen LogP) is -1.82. The van der Waals surface area contributed by atoms with E-state index in [4.69, 9.17) is 9.47 Å². The number of ether oxygens (including phenoxy) is 2. The van der Waals surface area contributed by atoms with Crippen LogP contribution in [0.1, 0.15) is 0 Å². The fourth-order valence-corrected chi connectivity index (χ4v) is 1.22. The summed E-state index contributed by atoms with van der Waals surface area (Å²) in [5.74, 6) is 0. The van der Waals surface area contributed by atoms with Gasteiger partial charge in [-0.1, -0.05) is 0 Å². The molecule has 0 aliphatic heterocycles. The van der Waals surface area contributed by atoms with Crippen LogP contribution in [0.3, 0.4) is 0 Å². The van der Waals surface area contributed by atoms with Crippen molar-refractivity contribution in [1.29, 1.82) is 0 Å². The van der Waals surface area contributed by atoms with Crippen LogP contribution >= 0.6 is 0 Å². The number of hydrogen-bond acceptors (Lipinski definition) is 6. The van der Waals surface area contributed by atoms with E-state index in [9.17, 15) is 10.2 Å². The first kappa shape index (κ1) is 15.8. The number of aliphatic hydroxyl groups excluding tert-OH is 2. The summed E-state index contributed by atoms with van der Waals surface area (Å²) in [6.07, 6.45) is -0.937. The number of rotatable bonds is 11. The van der Waals surface area contributed by atoms with Gasteiger partial charge in [0.2, 0.25) is 0 Å². The minimum absolute atomic E-state index is 0.340. The molecule has 0 aliphatic rings. The Hall–Kier alpha value is -0.240. The van der Waals surface area contributed by atoms with E-state index in [0.717, 1.165) is 13.1 Å². The van der Waals surface area contributed by atoms with Crippen molar-refractivity contribution in [2.75, 3.05) is 53.6 Å². The molecule has 0 fully saturated rings. The van der Waals surface area contributed by atoms with Crippen molar-refractivity contribution in [1.82, 2.24) is 10.6 Å². The van der Waals surface area contributed by atoms with Gasteiger partial charge in [0.1, 0.15) is 0 Å². The average molecular weight is 236 g/mol. The molecular weight excluding hydrogens is 212 g/mol. The van der Waals surface area contributed by atoms with Gasteiger partial charge in [-0.3, -0.25) is 0 Å². The standard InChI is InChI=1S/C10H24N2O4/c1-15-7-9(13)5-11-3-4-12-6-10(14)8-16-2/h9-14H,3-8H2,1-2H3/t9-,10-/m0/s1. The first-order valence-corrected chi connectivity index (χ1v) is 5.46. The highest BCUT2D eigenvalue weighted by Crippen LogP contribution is 1.81. The van der Waals surface area contributed by atoms with Crippen LogP contribution in [0.2, 0.25) is 0 Å². The lowest BCUT2D eigenvalue weighted by molar-refractivity contribution is 0.0625. The van der Waals surface area contributed by atoms with Gasteiger partial charge in [0.05, 0.1) is 25.4 Å². The molecule has 0 unspecified atom stereocenters. The van der Waals surface area contributed by atoms with Crippen molar-refractivity contribution in [3.63, 3.8) is 0 Å². The van der Waals surface area contributed by atoms with Gasteiger partial charge >= 0.3 is 0 Å². The molecule has 0 spiro atoms. The Morgan fingerprint density at radius 1 is 0.875 bits per heavy atom. The molecule has 6 nitrogen and oxygen atoms in total. The first-order valence-electron chi connectivity index (χ1n) is 5.46. The predicted molar refractivity (Wildman–Crippen MR) is 61.5 cm³/mol. The second-order valence-electron chi connectivity index (χ2n) is 3.63. The molecule has 0 aromatic carbocycles. The zero-order valence-electron chi connectivity index (χ0n) is 10.1. The Labute approximate surface area is 96.9 Å². The number of hydrogen-bond donors (Lipinski definition) is 4. The number of aliphatic hydroxyl groups is 2. The largest absolute Gasteiger partial charge is 0.389 e. The third kappa shape index (κ3) is 10.3. The van der Waals surface area contributed by atoms with Crippen molar-refractivity contribution in [3.05, 3.63) is 0 Å². The summed E-state index contributed by atoms with van der Waals surface area (Å²) >= 11 is 0. The highest BCUT2D eigenvalue weighted by atomic mass is 16.5. The minimum atomic E-state index is -0.468. The van der Waals surface area contributed by atoms with Crippen LogP contribution in [0.15, 0.2) is 0 Å². The quantitative estimate of drug-likeness (QED) is 0.316. The maximum atomic E-state index is 9.30. The third-order valence-electron chi connectivity index (χ3n) is 1.96. The van der Waals surface area contributed by atoms with Gasteiger partial charge in [0, 0.05) is 40.4 Å². The van der Waals surface area contributed by atoms with Crippen LogP contribution < -0.4 is 10.6 Å². The van der Waals surface area contributed by atoms with Crippen LogP contribution in [0.25, 0.3) is 0 Å². The monoisotopic (exact) mass is 236 g/mol. The third-order valence-corrected chi connectivity index (χ3v) is 1.96. The SMILES string of the molecule is COC[C@@H](O)CNCCNC[C@H](O)COC. The molecule has 0 radical (unpaired) electrons. The van der Waals surface area contributed by atoms with E-state index in [1.807, 2.05) is 0 Å². The minimum Gasteiger partial charge on any atom is -0.389 e. The second kappa shape index (κ2) is 11.3. The zero-order valence-corrected chi connectivity index (χ0v) is 10.1. The summed E-state index contributed by atoms with van der Waals surface area (Å²) in [4.78, 5) is 0. The molecule has 0 bridgehead atoms. The van der Waals surface area contributed by atoms with Crippen LogP contribution in [0, 0.1) is 0 Å². The molecule has 0 saturated heterocycles. The highest BCUT2D eigenvalue weighted by molar-refractivity contribution is 4.61.